The fourth-order valence-corrected chi connectivity index (χ4v) is 4.30. The molecule has 32 heavy (non-hydrogen) atoms. The van der Waals surface area contributed by atoms with Crippen molar-refractivity contribution in [1.82, 2.24) is 4.90 Å². The number of methoxy groups -OCH3 is 1. The van der Waals surface area contributed by atoms with Gasteiger partial charge in [0, 0.05) is 50.0 Å². The first-order chi connectivity index (χ1) is 15.4. The van der Waals surface area contributed by atoms with Gasteiger partial charge < -0.3 is 19.9 Å². The minimum Gasteiger partial charge on any atom is -0.497 e. The summed E-state index contributed by atoms with van der Waals surface area (Å²) in [5.41, 5.74) is 3.47. The van der Waals surface area contributed by atoms with Crippen LogP contribution in [-0.4, -0.2) is 44.5 Å². The van der Waals surface area contributed by atoms with Gasteiger partial charge in [0.2, 0.25) is 5.91 Å². The maximum atomic E-state index is 13.3. The molecule has 2 aromatic rings. The maximum absolute atomic E-state index is 13.3. The van der Waals surface area contributed by atoms with Crippen LogP contribution in [0.25, 0.3) is 0 Å². The molecule has 0 radical (unpaired) electrons. The predicted molar refractivity (Wildman–Crippen MR) is 129 cm³/mol. The van der Waals surface area contributed by atoms with Gasteiger partial charge in [-0.25, -0.2) is 0 Å². The normalized spacial score (nSPS) is 13.6. The van der Waals surface area contributed by atoms with E-state index in [0.717, 1.165) is 54.8 Å². The van der Waals surface area contributed by atoms with Gasteiger partial charge in [0.25, 0.3) is 5.91 Å². The molecule has 0 spiro atoms. The summed E-state index contributed by atoms with van der Waals surface area (Å²) in [6.45, 7) is 3.19. The van der Waals surface area contributed by atoms with Crippen LogP contribution in [0.1, 0.15) is 54.9 Å². The van der Waals surface area contributed by atoms with Gasteiger partial charge >= 0.3 is 0 Å². The summed E-state index contributed by atoms with van der Waals surface area (Å²) in [5.74, 6) is 0.926. The minimum atomic E-state index is -0.0143. The molecule has 0 unspecified atom stereocenters. The number of anilines is 2. The first kappa shape index (κ1) is 23.6. The van der Waals surface area contributed by atoms with Crippen molar-refractivity contribution in [2.24, 2.45) is 5.92 Å². The van der Waals surface area contributed by atoms with Crippen molar-refractivity contribution in [2.75, 3.05) is 38.0 Å². The van der Waals surface area contributed by atoms with Crippen molar-refractivity contribution in [3.05, 3.63) is 53.6 Å². The van der Waals surface area contributed by atoms with Gasteiger partial charge in [-0.3, -0.25) is 9.59 Å². The fraction of sp³-hybridized carbons (Fsp3) is 0.462. The van der Waals surface area contributed by atoms with Crippen LogP contribution in [0.3, 0.4) is 0 Å². The van der Waals surface area contributed by atoms with Crippen LogP contribution in [0.5, 0.6) is 5.75 Å². The third-order valence-electron chi connectivity index (χ3n) is 6.03. The molecule has 0 aliphatic heterocycles. The highest BCUT2D eigenvalue weighted by Gasteiger charge is 2.23. The van der Waals surface area contributed by atoms with E-state index in [-0.39, 0.29) is 17.7 Å². The van der Waals surface area contributed by atoms with E-state index < -0.39 is 0 Å². The standard InChI is InChI=1S/C26H35N3O3/c1-5-16-29(26(31)20-10-13-23(32-4)14-11-20)18-21-17-22(12-15-24(21)28(2)3)27-25(30)19-8-6-7-9-19/h10-15,17,19H,5-9,16,18H2,1-4H3,(H,27,30). The number of nitrogens with zero attached hydrogens (tertiary/aromatic N) is 2. The third-order valence-corrected chi connectivity index (χ3v) is 6.03. The Balaban J connectivity index is 1.83. The van der Waals surface area contributed by atoms with Gasteiger partial charge in [-0.1, -0.05) is 19.8 Å². The van der Waals surface area contributed by atoms with E-state index >= 15 is 0 Å². The van der Waals surface area contributed by atoms with E-state index in [4.69, 9.17) is 4.74 Å². The number of hydrogen-bond donors (Lipinski definition) is 1. The highest BCUT2D eigenvalue weighted by atomic mass is 16.5. The molecule has 3 rings (SSSR count). The molecule has 0 saturated heterocycles. The Labute approximate surface area is 191 Å². The lowest BCUT2D eigenvalue weighted by Gasteiger charge is -2.26. The van der Waals surface area contributed by atoms with E-state index in [0.29, 0.717) is 18.7 Å². The average molecular weight is 438 g/mol. The molecule has 1 aliphatic carbocycles. The molecule has 0 aromatic heterocycles. The van der Waals surface area contributed by atoms with Crippen LogP contribution in [0, 0.1) is 5.92 Å². The summed E-state index contributed by atoms with van der Waals surface area (Å²) in [5, 5.41) is 3.09. The minimum absolute atomic E-state index is 0.0143. The molecular weight excluding hydrogens is 402 g/mol. The van der Waals surface area contributed by atoms with Gasteiger partial charge in [-0.2, -0.15) is 0 Å². The number of carbonyl (C=O) groups excluding carboxylic acids is 2. The lowest BCUT2D eigenvalue weighted by atomic mass is 10.1. The zero-order valence-electron chi connectivity index (χ0n) is 19.7. The molecule has 1 saturated carbocycles. The van der Waals surface area contributed by atoms with E-state index in [9.17, 15) is 9.59 Å². The molecule has 1 aliphatic rings. The summed E-state index contributed by atoms with van der Waals surface area (Å²) in [6.07, 6.45) is 5.05. The van der Waals surface area contributed by atoms with Crippen LogP contribution in [0.15, 0.2) is 42.5 Å². The van der Waals surface area contributed by atoms with Gasteiger partial charge in [0.15, 0.2) is 0 Å². The number of amides is 2. The van der Waals surface area contributed by atoms with Gasteiger partial charge in [-0.05, 0) is 67.3 Å². The molecule has 0 bridgehead atoms. The maximum Gasteiger partial charge on any atom is 0.254 e. The number of carbonyl (C=O) groups is 2. The second kappa shape index (κ2) is 11.0. The number of hydrogen-bond acceptors (Lipinski definition) is 4. The molecule has 172 valence electrons. The van der Waals surface area contributed by atoms with Crippen molar-refractivity contribution in [1.29, 1.82) is 0 Å². The monoisotopic (exact) mass is 437 g/mol. The number of nitrogens with one attached hydrogen (secondary N) is 1. The van der Waals surface area contributed by atoms with Gasteiger partial charge in [0.1, 0.15) is 5.75 Å². The number of ether oxygens (including phenoxy) is 1. The number of rotatable bonds is 9. The molecule has 2 aromatic carbocycles. The molecule has 2 amide bonds. The topological polar surface area (TPSA) is 61.9 Å². The highest BCUT2D eigenvalue weighted by Crippen LogP contribution is 2.29. The van der Waals surface area contributed by atoms with E-state index in [1.807, 2.05) is 54.2 Å². The third kappa shape index (κ3) is 5.81. The Hall–Kier alpha value is -3.02. The lowest BCUT2D eigenvalue weighted by molar-refractivity contribution is -0.119. The molecule has 0 heterocycles. The second-order valence-corrected chi connectivity index (χ2v) is 8.66. The zero-order chi connectivity index (χ0) is 23.1. The first-order valence-electron chi connectivity index (χ1n) is 11.5. The highest BCUT2D eigenvalue weighted by molar-refractivity contribution is 5.95. The largest absolute Gasteiger partial charge is 0.497 e. The average Bonchev–Trinajstić information content (AvgIpc) is 3.33. The fourth-order valence-electron chi connectivity index (χ4n) is 4.30. The van der Waals surface area contributed by atoms with Crippen LogP contribution in [0.4, 0.5) is 11.4 Å². The zero-order valence-corrected chi connectivity index (χ0v) is 19.7. The Morgan fingerprint density at radius 3 is 2.34 bits per heavy atom. The Morgan fingerprint density at radius 1 is 1.06 bits per heavy atom. The van der Waals surface area contributed by atoms with E-state index in [2.05, 4.69) is 12.2 Å². The molecular formula is C26H35N3O3. The molecule has 1 N–H and O–H groups in total. The van der Waals surface area contributed by atoms with Gasteiger partial charge in [-0.15, -0.1) is 0 Å². The first-order valence-corrected chi connectivity index (χ1v) is 11.5. The quantitative estimate of drug-likeness (QED) is 0.603. The molecule has 6 nitrogen and oxygen atoms in total. The summed E-state index contributed by atoms with van der Waals surface area (Å²) < 4.78 is 5.21. The molecule has 1 fully saturated rings. The SMILES string of the molecule is CCCN(Cc1cc(NC(=O)C2CCCC2)ccc1N(C)C)C(=O)c1ccc(OC)cc1. The van der Waals surface area contributed by atoms with E-state index in [1.54, 1.807) is 19.2 Å². The van der Waals surface area contributed by atoms with Crippen molar-refractivity contribution in [3.63, 3.8) is 0 Å². The summed E-state index contributed by atoms with van der Waals surface area (Å²) >= 11 is 0. The Kier molecular flexibility index (Phi) is 8.14. The van der Waals surface area contributed by atoms with Crippen molar-refractivity contribution < 1.29 is 14.3 Å². The Morgan fingerprint density at radius 2 is 1.75 bits per heavy atom. The molecule has 0 atom stereocenters. The number of benzene rings is 2. The second-order valence-electron chi connectivity index (χ2n) is 8.66. The van der Waals surface area contributed by atoms with Gasteiger partial charge in [0.05, 0.1) is 7.11 Å². The summed E-state index contributed by atoms with van der Waals surface area (Å²) in [6, 6.07) is 13.2. The van der Waals surface area contributed by atoms with Crippen molar-refractivity contribution >= 4 is 23.2 Å². The van der Waals surface area contributed by atoms with Crippen molar-refractivity contribution in [2.45, 2.75) is 45.6 Å². The predicted octanol–water partition coefficient (Wildman–Crippen LogP) is 4.94. The Bertz CT molecular complexity index is 918. The van der Waals surface area contributed by atoms with Crippen LogP contribution in [-0.2, 0) is 11.3 Å². The molecule has 6 heteroatoms. The van der Waals surface area contributed by atoms with Crippen LogP contribution >= 0.6 is 0 Å². The van der Waals surface area contributed by atoms with Crippen LogP contribution in [0.2, 0.25) is 0 Å². The van der Waals surface area contributed by atoms with Crippen molar-refractivity contribution in [3.8, 4) is 5.75 Å². The summed E-state index contributed by atoms with van der Waals surface area (Å²) in [7, 11) is 5.59. The van der Waals surface area contributed by atoms with E-state index in [1.165, 1.54) is 0 Å². The smallest absolute Gasteiger partial charge is 0.254 e. The summed E-state index contributed by atoms with van der Waals surface area (Å²) in [4.78, 5) is 29.8. The van der Waals surface area contributed by atoms with Crippen LogP contribution < -0.4 is 15.0 Å². The lowest BCUT2D eigenvalue weighted by Crippen LogP contribution is -2.32.